The molecule has 6 heteroatoms. The van der Waals surface area contributed by atoms with Crippen LogP contribution in [-0.4, -0.2) is 10.1 Å². The van der Waals surface area contributed by atoms with E-state index in [1.165, 1.54) is 12.1 Å². The van der Waals surface area contributed by atoms with Crippen LogP contribution in [0.4, 0.5) is 11.4 Å². The number of nitrogens with one attached hydrogen (secondary N) is 1. The summed E-state index contributed by atoms with van der Waals surface area (Å²) < 4.78 is 4.94. The first-order chi connectivity index (χ1) is 8.16. The Balaban J connectivity index is 2.09. The molecule has 0 fully saturated rings. The van der Waals surface area contributed by atoms with Crippen LogP contribution in [0.5, 0.6) is 0 Å². The molecular formula is C11H11N3O3. The Morgan fingerprint density at radius 2 is 2.29 bits per heavy atom. The first-order valence-corrected chi connectivity index (χ1v) is 5.05. The smallest absolute Gasteiger partial charge is 0.269 e. The van der Waals surface area contributed by atoms with Gasteiger partial charge in [-0.15, -0.1) is 0 Å². The molecule has 0 bridgehead atoms. The number of nitro benzene ring substituents is 1. The predicted molar refractivity (Wildman–Crippen MR) is 61.7 cm³/mol. The van der Waals surface area contributed by atoms with Gasteiger partial charge in [0, 0.05) is 23.9 Å². The molecule has 0 aliphatic carbocycles. The molecule has 0 radical (unpaired) electrons. The third-order valence-electron chi connectivity index (χ3n) is 2.37. The molecule has 0 unspecified atom stereocenters. The van der Waals surface area contributed by atoms with E-state index in [1.54, 1.807) is 18.3 Å². The van der Waals surface area contributed by atoms with Crippen LogP contribution in [-0.2, 0) is 6.54 Å². The lowest BCUT2D eigenvalue weighted by Crippen LogP contribution is -2.00. The highest BCUT2D eigenvalue weighted by Gasteiger charge is 2.08. The molecule has 2 rings (SSSR count). The van der Waals surface area contributed by atoms with Crippen LogP contribution in [0.15, 0.2) is 35.0 Å². The Kier molecular flexibility index (Phi) is 3.04. The molecule has 0 amide bonds. The van der Waals surface area contributed by atoms with Crippen molar-refractivity contribution >= 4 is 11.4 Å². The average Bonchev–Trinajstić information content (AvgIpc) is 2.80. The number of rotatable bonds is 4. The SMILES string of the molecule is Cc1cc([N+](=O)[O-])ccc1NCc1ccno1. The number of anilines is 1. The van der Waals surface area contributed by atoms with Crippen LogP contribution in [0.1, 0.15) is 11.3 Å². The van der Waals surface area contributed by atoms with Gasteiger partial charge in [0.1, 0.15) is 0 Å². The second kappa shape index (κ2) is 4.65. The zero-order chi connectivity index (χ0) is 12.3. The van der Waals surface area contributed by atoms with E-state index < -0.39 is 4.92 Å². The lowest BCUT2D eigenvalue weighted by Gasteiger charge is -2.07. The van der Waals surface area contributed by atoms with Crippen molar-refractivity contribution in [3.05, 3.63) is 51.9 Å². The molecule has 2 aromatic rings. The molecule has 1 aromatic carbocycles. The monoisotopic (exact) mass is 233 g/mol. The summed E-state index contributed by atoms with van der Waals surface area (Å²) in [5.74, 6) is 0.711. The van der Waals surface area contributed by atoms with Crippen molar-refractivity contribution in [2.24, 2.45) is 0 Å². The van der Waals surface area contributed by atoms with E-state index in [9.17, 15) is 10.1 Å². The van der Waals surface area contributed by atoms with E-state index in [0.29, 0.717) is 12.3 Å². The predicted octanol–water partition coefficient (Wildman–Crippen LogP) is 2.50. The maximum atomic E-state index is 10.6. The molecule has 0 aliphatic heterocycles. The van der Waals surface area contributed by atoms with E-state index in [1.807, 2.05) is 6.92 Å². The van der Waals surface area contributed by atoms with E-state index in [0.717, 1.165) is 11.3 Å². The highest BCUT2D eigenvalue weighted by Crippen LogP contribution is 2.21. The quantitative estimate of drug-likeness (QED) is 0.648. The minimum absolute atomic E-state index is 0.0905. The van der Waals surface area contributed by atoms with Crippen LogP contribution in [0.2, 0.25) is 0 Å². The van der Waals surface area contributed by atoms with E-state index in [-0.39, 0.29) is 5.69 Å². The number of benzene rings is 1. The lowest BCUT2D eigenvalue weighted by atomic mass is 10.2. The van der Waals surface area contributed by atoms with Crippen molar-refractivity contribution in [2.45, 2.75) is 13.5 Å². The van der Waals surface area contributed by atoms with Gasteiger partial charge in [-0.05, 0) is 18.6 Å². The summed E-state index contributed by atoms with van der Waals surface area (Å²) in [6, 6.07) is 6.44. The molecule has 88 valence electrons. The Hall–Kier alpha value is -2.37. The van der Waals surface area contributed by atoms with Crippen LogP contribution in [0.3, 0.4) is 0 Å². The van der Waals surface area contributed by atoms with Crippen molar-refractivity contribution in [3.8, 4) is 0 Å². The second-order valence-electron chi connectivity index (χ2n) is 3.59. The minimum atomic E-state index is -0.409. The minimum Gasteiger partial charge on any atom is -0.377 e. The molecule has 0 atom stereocenters. The van der Waals surface area contributed by atoms with Crippen molar-refractivity contribution in [3.63, 3.8) is 0 Å². The molecule has 1 N–H and O–H groups in total. The number of nitro groups is 1. The van der Waals surface area contributed by atoms with Crippen LogP contribution < -0.4 is 5.32 Å². The van der Waals surface area contributed by atoms with E-state index in [2.05, 4.69) is 10.5 Å². The van der Waals surface area contributed by atoms with Crippen LogP contribution in [0.25, 0.3) is 0 Å². The Morgan fingerprint density at radius 1 is 1.47 bits per heavy atom. The fourth-order valence-corrected chi connectivity index (χ4v) is 1.48. The fourth-order valence-electron chi connectivity index (χ4n) is 1.48. The Morgan fingerprint density at radius 3 is 2.88 bits per heavy atom. The number of non-ortho nitro benzene ring substituents is 1. The molecule has 0 saturated carbocycles. The topological polar surface area (TPSA) is 81.2 Å². The average molecular weight is 233 g/mol. The molecule has 1 heterocycles. The van der Waals surface area contributed by atoms with Crippen molar-refractivity contribution in [1.29, 1.82) is 0 Å². The molecule has 0 saturated heterocycles. The molecule has 1 aromatic heterocycles. The molecule has 0 spiro atoms. The van der Waals surface area contributed by atoms with Gasteiger partial charge < -0.3 is 9.84 Å². The summed E-state index contributed by atoms with van der Waals surface area (Å²) in [5.41, 5.74) is 1.75. The summed E-state index contributed by atoms with van der Waals surface area (Å²) in [4.78, 5) is 10.2. The van der Waals surface area contributed by atoms with Gasteiger partial charge in [-0.3, -0.25) is 10.1 Å². The standard InChI is InChI=1S/C11H11N3O3/c1-8-6-9(14(15)16)2-3-11(8)12-7-10-4-5-13-17-10/h2-6,12H,7H2,1H3. The summed E-state index contributed by atoms with van der Waals surface area (Å²) in [6.07, 6.45) is 1.57. The lowest BCUT2D eigenvalue weighted by molar-refractivity contribution is -0.384. The largest absolute Gasteiger partial charge is 0.377 e. The van der Waals surface area contributed by atoms with Gasteiger partial charge in [0.2, 0.25) is 0 Å². The highest BCUT2D eigenvalue weighted by molar-refractivity contribution is 5.55. The number of nitrogens with zero attached hydrogens (tertiary/aromatic N) is 2. The molecule has 0 aliphatic rings. The zero-order valence-corrected chi connectivity index (χ0v) is 9.21. The third-order valence-corrected chi connectivity index (χ3v) is 2.37. The number of hydrogen-bond donors (Lipinski definition) is 1. The summed E-state index contributed by atoms with van der Waals surface area (Å²) >= 11 is 0. The summed E-state index contributed by atoms with van der Waals surface area (Å²) in [7, 11) is 0. The van der Waals surface area contributed by atoms with Gasteiger partial charge in [-0.2, -0.15) is 0 Å². The maximum absolute atomic E-state index is 10.6. The van der Waals surface area contributed by atoms with Gasteiger partial charge >= 0.3 is 0 Å². The van der Waals surface area contributed by atoms with E-state index in [4.69, 9.17) is 4.52 Å². The van der Waals surface area contributed by atoms with Crippen molar-refractivity contribution in [1.82, 2.24) is 5.16 Å². The fraction of sp³-hybridized carbons (Fsp3) is 0.182. The Bertz CT molecular complexity index is 523. The second-order valence-corrected chi connectivity index (χ2v) is 3.59. The normalized spacial score (nSPS) is 10.2. The van der Waals surface area contributed by atoms with Crippen LogP contribution in [0, 0.1) is 17.0 Å². The van der Waals surface area contributed by atoms with Gasteiger partial charge in [-0.25, -0.2) is 0 Å². The van der Waals surface area contributed by atoms with Gasteiger partial charge in [0.25, 0.3) is 5.69 Å². The van der Waals surface area contributed by atoms with Gasteiger partial charge in [0.05, 0.1) is 17.7 Å². The first-order valence-electron chi connectivity index (χ1n) is 5.05. The first kappa shape index (κ1) is 11.1. The summed E-state index contributed by atoms with van der Waals surface area (Å²) in [5, 5.41) is 17.3. The number of aromatic nitrogens is 1. The van der Waals surface area contributed by atoms with Crippen LogP contribution >= 0.6 is 0 Å². The molecule has 17 heavy (non-hydrogen) atoms. The molecular weight excluding hydrogens is 222 g/mol. The number of hydrogen-bond acceptors (Lipinski definition) is 5. The maximum Gasteiger partial charge on any atom is 0.269 e. The van der Waals surface area contributed by atoms with Crippen molar-refractivity contribution < 1.29 is 9.45 Å². The Labute approximate surface area is 97.4 Å². The van der Waals surface area contributed by atoms with Crippen molar-refractivity contribution in [2.75, 3.05) is 5.32 Å². The van der Waals surface area contributed by atoms with E-state index >= 15 is 0 Å². The third kappa shape index (κ3) is 2.60. The molecule has 6 nitrogen and oxygen atoms in total. The number of aryl methyl sites for hydroxylation is 1. The highest BCUT2D eigenvalue weighted by atomic mass is 16.6. The van der Waals surface area contributed by atoms with Gasteiger partial charge in [0.15, 0.2) is 5.76 Å². The van der Waals surface area contributed by atoms with Gasteiger partial charge in [-0.1, -0.05) is 5.16 Å². The zero-order valence-electron chi connectivity index (χ0n) is 9.21. The summed E-state index contributed by atoms with van der Waals surface area (Å²) in [6.45, 7) is 2.31.